The minimum Gasteiger partial charge on any atom is -0.394 e. The number of amides is 2. The topological polar surface area (TPSA) is 104 Å². The van der Waals surface area contributed by atoms with E-state index in [9.17, 15) is 9.59 Å². The van der Waals surface area contributed by atoms with Gasteiger partial charge in [-0.3, -0.25) is 15.0 Å². The van der Waals surface area contributed by atoms with Crippen LogP contribution in [0.1, 0.15) is 15.9 Å². The fourth-order valence-electron chi connectivity index (χ4n) is 1.24. The Hall–Kier alpha value is -1.92. The normalized spacial score (nSPS) is 11.7. The van der Waals surface area contributed by atoms with Crippen LogP contribution in [0.15, 0.2) is 24.3 Å². The largest absolute Gasteiger partial charge is 0.394 e. The lowest BCUT2D eigenvalue weighted by Gasteiger charge is -2.14. The van der Waals surface area contributed by atoms with E-state index in [0.29, 0.717) is 5.56 Å². The van der Waals surface area contributed by atoms with E-state index in [2.05, 4.69) is 5.32 Å². The number of rotatable bonds is 4. The minimum absolute atomic E-state index is 0.416. The van der Waals surface area contributed by atoms with Crippen LogP contribution in [0.4, 0.5) is 0 Å². The number of carbonyl (C=O) groups excluding carboxylic acids is 2. The van der Waals surface area contributed by atoms with Crippen LogP contribution in [0.2, 0.25) is 0 Å². The Morgan fingerprint density at radius 2 is 1.94 bits per heavy atom. The highest BCUT2D eigenvalue weighted by atomic mass is 16.3. The zero-order valence-electron chi connectivity index (χ0n) is 9.43. The summed E-state index contributed by atoms with van der Waals surface area (Å²) in [6.07, 6.45) is 0. The van der Waals surface area contributed by atoms with Gasteiger partial charge in [0.25, 0.3) is 11.8 Å². The van der Waals surface area contributed by atoms with E-state index in [4.69, 9.17) is 10.9 Å². The van der Waals surface area contributed by atoms with Crippen molar-refractivity contribution in [3.8, 4) is 0 Å². The molecular weight excluding hydrogens is 222 g/mol. The van der Waals surface area contributed by atoms with E-state index in [1.54, 1.807) is 24.3 Å². The zero-order valence-corrected chi connectivity index (χ0v) is 9.43. The van der Waals surface area contributed by atoms with E-state index in [1.807, 2.05) is 12.3 Å². The van der Waals surface area contributed by atoms with Gasteiger partial charge >= 0.3 is 0 Å². The third-order valence-electron chi connectivity index (χ3n) is 2.26. The smallest absolute Gasteiger partial charge is 0.258 e. The molecule has 0 heterocycles. The van der Waals surface area contributed by atoms with E-state index in [0.717, 1.165) is 5.56 Å². The number of hydrazine groups is 1. The maximum atomic E-state index is 11.7. The predicted molar refractivity (Wildman–Crippen MR) is 61.8 cm³/mol. The lowest BCUT2D eigenvalue weighted by atomic mass is 10.1. The molecule has 1 unspecified atom stereocenters. The van der Waals surface area contributed by atoms with E-state index in [-0.39, 0.29) is 0 Å². The summed E-state index contributed by atoms with van der Waals surface area (Å²) in [4.78, 5) is 22.9. The molecule has 6 nitrogen and oxygen atoms in total. The molecule has 1 aromatic carbocycles. The second-order valence-electron chi connectivity index (χ2n) is 3.58. The summed E-state index contributed by atoms with van der Waals surface area (Å²) in [5.74, 6) is 3.84. The lowest BCUT2D eigenvalue weighted by molar-refractivity contribution is -0.123. The average molecular weight is 237 g/mol. The van der Waals surface area contributed by atoms with Crippen molar-refractivity contribution in [2.75, 3.05) is 6.61 Å². The van der Waals surface area contributed by atoms with Gasteiger partial charge in [0, 0.05) is 5.56 Å². The Labute approximate surface area is 98.8 Å². The zero-order chi connectivity index (χ0) is 12.8. The summed E-state index contributed by atoms with van der Waals surface area (Å²) in [6, 6.07) is 5.80. The molecule has 1 aromatic rings. The molecule has 2 amide bonds. The molecule has 5 N–H and O–H groups in total. The van der Waals surface area contributed by atoms with Crippen LogP contribution in [0, 0.1) is 6.92 Å². The van der Waals surface area contributed by atoms with Crippen molar-refractivity contribution in [3.63, 3.8) is 0 Å². The summed E-state index contributed by atoms with van der Waals surface area (Å²) in [7, 11) is 0. The second-order valence-corrected chi connectivity index (χ2v) is 3.58. The van der Waals surface area contributed by atoms with Gasteiger partial charge in [-0.25, -0.2) is 5.84 Å². The van der Waals surface area contributed by atoms with Gasteiger partial charge in [0.15, 0.2) is 0 Å². The highest BCUT2D eigenvalue weighted by molar-refractivity contribution is 5.97. The van der Waals surface area contributed by atoms with E-state index >= 15 is 0 Å². The van der Waals surface area contributed by atoms with Crippen LogP contribution in [0.3, 0.4) is 0 Å². The second kappa shape index (κ2) is 5.97. The van der Waals surface area contributed by atoms with Crippen LogP contribution in [0.25, 0.3) is 0 Å². The molecule has 0 aromatic heterocycles. The van der Waals surface area contributed by atoms with Gasteiger partial charge in [0.1, 0.15) is 6.04 Å². The van der Waals surface area contributed by atoms with Crippen molar-refractivity contribution in [1.82, 2.24) is 10.7 Å². The number of aliphatic hydroxyl groups is 1. The maximum absolute atomic E-state index is 11.7. The number of benzene rings is 1. The summed E-state index contributed by atoms with van der Waals surface area (Å²) in [6.45, 7) is 1.39. The monoisotopic (exact) mass is 237 g/mol. The first-order chi connectivity index (χ1) is 8.08. The van der Waals surface area contributed by atoms with Gasteiger partial charge in [-0.05, 0) is 19.1 Å². The quantitative estimate of drug-likeness (QED) is 0.308. The number of aryl methyl sites for hydroxylation is 1. The molecule has 0 radical (unpaired) electrons. The van der Waals surface area contributed by atoms with Crippen LogP contribution >= 0.6 is 0 Å². The third kappa shape index (κ3) is 3.54. The molecule has 17 heavy (non-hydrogen) atoms. The van der Waals surface area contributed by atoms with Gasteiger partial charge in [0.05, 0.1) is 6.61 Å². The molecule has 0 aliphatic heterocycles. The Balaban J connectivity index is 2.71. The first-order valence-electron chi connectivity index (χ1n) is 5.07. The van der Waals surface area contributed by atoms with Gasteiger partial charge in [-0.15, -0.1) is 0 Å². The van der Waals surface area contributed by atoms with E-state index in [1.165, 1.54) is 0 Å². The number of nitrogens with one attached hydrogen (secondary N) is 2. The standard InChI is InChI=1S/C11H15N3O3/c1-7-2-4-8(5-3-7)10(16)13-9(6-15)11(17)14-12/h2-5,9,15H,6,12H2,1H3,(H,13,16)(H,14,17). The Bertz CT molecular complexity index is 403. The number of hydrogen-bond acceptors (Lipinski definition) is 4. The fourth-order valence-corrected chi connectivity index (χ4v) is 1.24. The van der Waals surface area contributed by atoms with Crippen molar-refractivity contribution in [2.45, 2.75) is 13.0 Å². The molecular formula is C11H15N3O3. The summed E-state index contributed by atoms with van der Waals surface area (Å²) in [5.41, 5.74) is 3.31. The lowest BCUT2D eigenvalue weighted by Crippen LogP contribution is -2.50. The molecule has 0 aliphatic rings. The average Bonchev–Trinajstić information content (AvgIpc) is 2.35. The fraction of sp³-hybridized carbons (Fsp3) is 0.273. The van der Waals surface area contributed by atoms with Crippen molar-refractivity contribution in [2.24, 2.45) is 5.84 Å². The molecule has 0 saturated carbocycles. The first kappa shape index (κ1) is 13.1. The number of hydrogen-bond donors (Lipinski definition) is 4. The molecule has 1 rings (SSSR count). The summed E-state index contributed by atoms with van der Waals surface area (Å²) < 4.78 is 0. The van der Waals surface area contributed by atoms with Crippen LogP contribution < -0.4 is 16.6 Å². The molecule has 0 spiro atoms. The van der Waals surface area contributed by atoms with Crippen molar-refractivity contribution in [3.05, 3.63) is 35.4 Å². The molecule has 0 aliphatic carbocycles. The van der Waals surface area contributed by atoms with Crippen molar-refractivity contribution >= 4 is 11.8 Å². The predicted octanol–water partition coefficient (Wildman–Crippen LogP) is -0.924. The summed E-state index contributed by atoms with van der Waals surface area (Å²) >= 11 is 0. The number of nitrogens with two attached hydrogens (primary N) is 1. The van der Waals surface area contributed by atoms with E-state index < -0.39 is 24.5 Å². The molecule has 1 atom stereocenters. The third-order valence-corrected chi connectivity index (χ3v) is 2.26. The van der Waals surface area contributed by atoms with Crippen LogP contribution in [0.5, 0.6) is 0 Å². The van der Waals surface area contributed by atoms with Crippen molar-refractivity contribution < 1.29 is 14.7 Å². The summed E-state index contributed by atoms with van der Waals surface area (Å²) in [5, 5.41) is 11.3. The Kier molecular flexibility index (Phi) is 4.62. The molecule has 0 saturated heterocycles. The number of carbonyl (C=O) groups is 2. The maximum Gasteiger partial charge on any atom is 0.258 e. The highest BCUT2D eigenvalue weighted by Gasteiger charge is 2.19. The van der Waals surface area contributed by atoms with Crippen LogP contribution in [-0.2, 0) is 4.79 Å². The first-order valence-corrected chi connectivity index (χ1v) is 5.07. The van der Waals surface area contributed by atoms with Gasteiger partial charge < -0.3 is 10.4 Å². The van der Waals surface area contributed by atoms with Crippen LogP contribution in [-0.4, -0.2) is 29.6 Å². The highest BCUT2D eigenvalue weighted by Crippen LogP contribution is 2.03. The van der Waals surface area contributed by atoms with Crippen molar-refractivity contribution in [1.29, 1.82) is 0 Å². The SMILES string of the molecule is Cc1ccc(C(=O)NC(CO)C(=O)NN)cc1. The van der Waals surface area contributed by atoms with Gasteiger partial charge in [-0.1, -0.05) is 17.7 Å². The minimum atomic E-state index is -1.05. The number of aliphatic hydroxyl groups excluding tert-OH is 1. The molecule has 92 valence electrons. The molecule has 0 bridgehead atoms. The Morgan fingerprint density at radius 3 is 2.41 bits per heavy atom. The molecule has 0 fully saturated rings. The Morgan fingerprint density at radius 1 is 1.35 bits per heavy atom. The molecule has 6 heteroatoms. The van der Waals surface area contributed by atoms with Gasteiger partial charge in [-0.2, -0.15) is 0 Å². The van der Waals surface area contributed by atoms with Gasteiger partial charge in [0.2, 0.25) is 0 Å².